The summed E-state index contributed by atoms with van der Waals surface area (Å²) in [5, 5.41) is 6.96. The Morgan fingerprint density at radius 3 is 2.51 bits per heavy atom. The van der Waals surface area contributed by atoms with Crippen LogP contribution in [0.5, 0.6) is 0 Å². The quantitative estimate of drug-likeness (QED) is 0.339. The second-order valence-corrected chi connectivity index (χ2v) is 9.47. The number of benzene rings is 3. The minimum atomic E-state index is -0.195. The highest BCUT2D eigenvalue weighted by Gasteiger charge is 2.25. The van der Waals surface area contributed by atoms with Crippen molar-refractivity contribution < 1.29 is 14.1 Å². The fraction of sp³-hybridized carbons (Fsp3) is 0.179. The molecule has 0 aliphatic carbocycles. The van der Waals surface area contributed by atoms with Gasteiger partial charge in [-0.25, -0.2) is 0 Å². The van der Waals surface area contributed by atoms with E-state index in [1.54, 1.807) is 36.0 Å². The lowest BCUT2D eigenvalue weighted by atomic mass is 10.1. The Morgan fingerprint density at radius 1 is 1.00 bits per heavy atom. The maximum Gasteiger partial charge on any atom is 0.258 e. The van der Waals surface area contributed by atoms with Crippen LogP contribution in [-0.4, -0.2) is 23.5 Å². The second kappa shape index (κ2) is 9.80. The second-order valence-electron chi connectivity index (χ2n) is 8.45. The summed E-state index contributed by atoms with van der Waals surface area (Å²) in [6, 6.07) is 22.6. The van der Waals surface area contributed by atoms with Crippen LogP contribution in [0, 0.1) is 13.8 Å². The van der Waals surface area contributed by atoms with Crippen LogP contribution in [0.25, 0.3) is 0 Å². The molecule has 35 heavy (non-hydrogen) atoms. The van der Waals surface area contributed by atoms with Crippen molar-refractivity contribution in [2.45, 2.75) is 30.9 Å². The highest BCUT2D eigenvalue weighted by atomic mass is 32.2. The van der Waals surface area contributed by atoms with Crippen molar-refractivity contribution in [2.24, 2.45) is 0 Å². The Bertz CT molecular complexity index is 1380. The number of anilines is 2. The van der Waals surface area contributed by atoms with Gasteiger partial charge in [0.05, 0.1) is 11.3 Å². The third-order valence-electron chi connectivity index (χ3n) is 6.21. The number of para-hydroxylation sites is 1. The van der Waals surface area contributed by atoms with Crippen LogP contribution in [0.3, 0.4) is 0 Å². The highest BCUT2D eigenvalue weighted by molar-refractivity contribution is 7.98. The zero-order chi connectivity index (χ0) is 24.4. The number of amides is 2. The van der Waals surface area contributed by atoms with Crippen LogP contribution >= 0.6 is 11.8 Å². The van der Waals surface area contributed by atoms with Crippen LogP contribution in [0.1, 0.15) is 43.3 Å². The predicted octanol–water partition coefficient (Wildman–Crippen LogP) is 6.04. The number of rotatable bonds is 6. The van der Waals surface area contributed by atoms with Gasteiger partial charge < -0.3 is 14.7 Å². The number of aryl methyl sites for hydroxylation is 2. The molecule has 0 spiro atoms. The lowest BCUT2D eigenvalue weighted by Gasteiger charge is -2.17. The Kier molecular flexibility index (Phi) is 6.42. The maximum absolute atomic E-state index is 13.1. The van der Waals surface area contributed by atoms with Crippen LogP contribution in [0.15, 0.2) is 82.2 Å². The topological polar surface area (TPSA) is 75.4 Å². The Morgan fingerprint density at radius 2 is 1.74 bits per heavy atom. The van der Waals surface area contributed by atoms with Crippen LogP contribution < -0.4 is 10.2 Å². The van der Waals surface area contributed by atoms with Crippen molar-refractivity contribution in [1.82, 2.24) is 5.16 Å². The molecule has 0 fully saturated rings. The highest BCUT2D eigenvalue weighted by Crippen LogP contribution is 2.30. The number of fused-ring (bicyclic) bond motifs is 1. The average molecular weight is 484 g/mol. The summed E-state index contributed by atoms with van der Waals surface area (Å²) in [5.74, 6) is 1.24. The molecule has 1 aliphatic rings. The van der Waals surface area contributed by atoms with Crippen LogP contribution in [0.2, 0.25) is 0 Å². The molecule has 176 valence electrons. The van der Waals surface area contributed by atoms with E-state index in [4.69, 9.17) is 4.52 Å². The number of aromatic nitrogens is 1. The Hall–Kier alpha value is -3.84. The van der Waals surface area contributed by atoms with Gasteiger partial charge in [0.1, 0.15) is 5.76 Å². The van der Waals surface area contributed by atoms with Gasteiger partial charge in [-0.05, 0) is 68.3 Å². The van der Waals surface area contributed by atoms with E-state index in [1.807, 2.05) is 61.2 Å². The fourth-order valence-corrected chi connectivity index (χ4v) is 5.44. The molecule has 6 nitrogen and oxygen atoms in total. The van der Waals surface area contributed by atoms with Gasteiger partial charge in [-0.1, -0.05) is 35.5 Å². The molecule has 3 aromatic carbocycles. The molecule has 1 aliphatic heterocycles. The van der Waals surface area contributed by atoms with E-state index < -0.39 is 0 Å². The molecule has 0 saturated carbocycles. The van der Waals surface area contributed by atoms with E-state index in [1.165, 1.54) is 5.56 Å². The fourth-order valence-electron chi connectivity index (χ4n) is 4.24. The van der Waals surface area contributed by atoms with E-state index in [9.17, 15) is 9.59 Å². The lowest BCUT2D eigenvalue weighted by Crippen LogP contribution is -2.28. The summed E-state index contributed by atoms with van der Waals surface area (Å²) >= 11 is 1.58. The van der Waals surface area contributed by atoms with Crippen molar-refractivity contribution >= 4 is 35.0 Å². The first-order valence-corrected chi connectivity index (χ1v) is 12.4. The molecule has 4 aromatic rings. The van der Waals surface area contributed by atoms with Gasteiger partial charge in [-0.2, -0.15) is 0 Å². The Balaban J connectivity index is 1.27. The predicted molar refractivity (Wildman–Crippen MR) is 138 cm³/mol. The van der Waals surface area contributed by atoms with Gasteiger partial charge in [0, 0.05) is 39.7 Å². The van der Waals surface area contributed by atoms with Crippen molar-refractivity contribution in [2.75, 3.05) is 16.8 Å². The molecule has 7 heteroatoms. The minimum absolute atomic E-state index is 0.0334. The molecular formula is C28H25N3O3S. The molecule has 0 saturated heterocycles. The molecule has 0 bridgehead atoms. The van der Waals surface area contributed by atoms with E-state index in [2.05, 4.69) is 16.5 Å². The number of hydrogen-bond donors (Lipinski definition) is 1. The summed E-state index contributed by atoms with van der Waals surface area (Å²) in [5.41, 5.74) is 5.90. The van der Waals surface area contributed by atoms with E-state index in [0.29, 0.717) is 29.1 Å². The zero-order valence-electron chi connectivity index (χ0n) is 19.6. The monoisotopic (exact) mass is 483 g/mol. The Labute approximate surface area is 208 Å². The third kappa shape index (κ3) is 4.72. The van der Waals surface area contributed by atoms with Crippen molar-refractivity contribution in [1.29, 1.82) is 0 Å². The summed E-state index contributed by atoms with van der Waals surface area (Å²) < 4.78 is 5.25. The zero-order valence-corrected chi connectivity index (χ0v) is 20.4. The number of nitrogens with one attached hydrogen (secondary N) is 1. The lowest BCUT2D eigenvalue weighted by molar-refractivity contribution is 0.0988. The molecular weight excluding hydrogens is 458 g/mol. The van der Waals surface area contributed by atoms with E-state index in [-0.39, 0.29) is 11.8 Å². The van der Waals surface area contributed by atoms with Gasteiger partial charge in [-0.15, -0.1) is 11.8 Å². The van der Waals surface area contributed by atoms with Gasteiger partial charge in [0.2, 0.25) is 0 Å². The molecule has 0 unspecified atom stereocenters. The first kappa shape index (κ1) is 22.9. The molecule has 0 atom stereocenters. The molecule has 2 heterocycles. The van der Waals surface area contributed by atoms with Gasteiger partial charge >= 0.3 is 0 Å². The number of carbonyl (C=O) groups excluding carboxylic acids is 2. The number of hydrogen-bond acceptors (Lipinski definition) is 5. The van der Waals surface area contributed by atoms with Gasteiger partial charge in [0.25, 0.3) is 11.8 Å². The average Bonchev–Trinajstić information content (AvgIpc) is 3.45. The summed E-state index contributed by atoms with van der Waals surface area (Å²) in [4.78, 5) is 28.8. The van der Waals surface area contributed by atoms with Crippen molar-refractivity contribution in [3.63, 3.8) is 0 Å². The largest absolute Gasteiger partial charge is 0.361 e. The summed E-state index contributed by atoms with van der Waals surface area (Å²) in [6.07, 6.45) is 0.865. The number of thioether (sulfide) groups is 1. The van der Waals surface area contributed by atoms with Gasteiger partial charge in [-0.3, -0.25) is 9.59 Å². The molecule has 5 rings (SSSR count). The van der Waals surface area contributed by atoms with Gasteiger partial charge in [0.15, 0.2) is 0 Å². The van der Waals surface area contributed by atoms with E-state index >= 15 is 0 Å². The van der Waals surface area contributed by atoms with Crippen molar-refractivity contribution in [3.8, 4) is 0 Å². The van der Waals surface area contributed by atoms with Crippen LogP contribution in [0.4, 0.5) is 11.4 Å². The molecule has 2 amide bonds. The third-order valence-corrected chi connectivity index (χ3v) is 7.31. The van der Waals surface area contributed by atoms with E-state index in [0.717, 1.165) is 34.0 Å². The molecule has 0 radical (unpaired) electrons. The molecule has 1 N–H and O–H groups in total. The first-order valence-electron chi connectivity index (χ1n) is 11.5. The minimum Gasteiger partial charge on any atom is -0.361 e. The first-order chi connectivity index (χ1) is 17.0. The van der Waals surface area contributed by atoms with Crippen molar-refractivity contribution in [3.05, 3.63) is 107 Å². The summed E-state index contributed by atoms with van der Waals surface area (Å²) in [7, 11) is 0. The molecule has 1 aromatic heterocycles. The normalized spacial score (nSPS) is 12.5. The number of nitrogens with zero attached hydrogens (tertiary/aromatic N) is 2. The SMILES string of the molecule is Cc1noc(C)c1CSc1ccccc1C(=O)Nc1ccc(C(=O)N2CCc3ccccc32)cc1. The van der Waals surface area contributed by atoms with Crippen LogP contribution in [-0.2, 0) is 12.2 Å². The maximum atomic E-state index is 13.1. The standard InChI is InChI=1S/C28H25N3O3S/c1-18-24(19(2)34-30-18)17-35-26-10-6-4-8-23(26)27(32)29-22-13-11-21(12-14-22)28(33)31-16-15-20-7-3-5-9-25(20)31/h3-14H,15-17H2,1-2H3,(H,29,32). The smallest absolute Gasteiger partial charge is 0.258 e. The number of carbonyl (C=O) groups is 2. The summed E-state index contributed by atoms with van der Waals surface area (Å²) in [6.45, 7) is 4.49.